The van der Waals surface area contributed by atoms with E-state index in [0.29, 0.717) is 29.3 Å². The number of rotatable bonds is 10. The van der Waals surface area contributed by atoms with Crippen molar-refractivity contribution in [3.8, 4) is 5.75 Å². The summed E-state index contributed by atoms with van der Waals surface area (Å²) in [6.07, 6.45) is 0.561. The molecule has 2 fully saturated rings. The zero-order valence-electron chi connectivity index (χ0n) is 22.8. The third kappa shape index (κ3) is 6.74. The fourth-order valence-corrected chi connectivity index (χ4v) is 5.70. The zero-order chi connectivity index (χ0) is 29.1. The maximum Gasteiger partial charge on any atom is 0.430 e. The van der Waals surface area contributed by atoms with Crippen LogP contribution in [0, 0.1) is 11.8 Å². The first kappa shape index (κ1) is 30.2. The molecule has 1 aliphatic heterocycles. The van der Waals surface area contributed by atoms with Gasteiger partial charge in [-0.25, -0.2) is 0 Å². The van der Waals surface area contributed by atoms with Crippen molar-refractivity contribution in [3.63, 3.8) is 0 Å². The maximum absolute atomic E-state index is 14.1. The van der Waals surface area contributed by atoms with Crippen molar-refractivity contribution in [2.75, 3.05) is 20.2 Å². The van der Waals surface area contributed by atoms with Crippen molar-refractivity contribution in [3.05, 3.63) is 64.2 Å². The predicted molar refractivity (Wildman–Crippen MR) is 146 cm³/mol. The molecule has 2 aromatic carbocycles. The number of amides is 2. The number of likely N-dealkylation sites (tertiary alicyclic amines) is 1. The van der Waals surface area contributed by atoms with Crippen molar-refractivity contribution in [2.24, 2.45) is 11.8 Å². The highest BCUT2D eigenvalue weighted by Gasteiger charge is 2.62. The number of hydrogen-bond acceptors (Lipinski definition) is 4. The van der Waals surface area contributed by atoms with Crippen molar-refractivity contribution in [2.45, 2.75) is 69.7 Å². The lowest BCUT2D eigenvalue weighted by Crippen LogP contribution is -2.57. The largest absolute Gasteiger partial charge is 0.497 e. The van der Waals surface area contributed by atoms with Gasteiger partial charge in [-0.2, -0.15) is 13.2 Å². The Morgan fingerprint density at radius 2 is 1.82 bits per heavy atom. The van der Waals surface area contributed by atoms with Gasteiger partial charge in [0.05, 0.1) is 17.7 Å². The smallest absolute Gasteiger partial charge is 0.430 e. The first-order chi connectivity index (χ1) is 18.9. The number of piperidine rings is 1. The second-order valence-electron chi connectivity index (χ2n) is 11.0. The number of carbonyl (C=O) groups is 2. The van der Waals surface area contributed by atoms with Gasteiger partial charge < -0.3 is 20.1 Å². The molecule has 2 atom stereocenters. The van der Waals surface area contributed by atoms with Gasteiger partial charge in [0.2, 0.25) is 0 Å². The lowest BCUT2D eigenvalue weighted by atomic mass is 9.81. The number of carbonyl (C=O) groups excluding carboxylic acids is 2. The van der Waals surface area contributed by atoms with E-state index in [9.17, 15) is 27.9 Å². The van der Waals surface area contributed by atoms with Gasteiger partial charge in [0, 0.05) is 24.7 Å². The topological polar surface area (TPSA) is 78.9 Å². The lowest BCUT2D eigenvalue weighted by Gasteiger charge is -2.39. The van der Waals surface area contributed by atoms with Crippen LogP contribution in [0.15, 0.2) is 42.5 Å². The van der Waals surface area contributed by atoms with E-state index in [-0.39, 0.29) is 36.7 Å². The number of ether oxygens (including phenoxy) is 1. The van der Waals surface area contributed by atoms with E-state index in [1.165, 1.54) is 19.2 Å². The highest BCUT2D eigenvalue weighted by molar-refractivity contribution is 6.33. The molecule has 0 bridgehead atoms. The molecule has 0 aromatic heterocycles. The minimum Gasteiger partial charge on any atom is -0.497 e. The Morgan fingerprint density at radius 3 is 2.42 bits per heavy atom. The third-order valence-electron chi connectivity index (χ3n) is 8.15. The second-order valence-corrected chi connectivity index (χ2v) is 11.4. The van der Waals surface area contributed by atoms with Crippen LogP contribution >= 0.6 is 11.6 Å². The van der Waals surface area contributed by atoms with Crippen LogP contribution in [0.5, 0.6) is 5.75 Å². The molecule has 10 heteroatoms. The molecule has 1 heterocycles. The van der Waals surface area contributed by atoms with Crippen LogP contribution in [0.4, 0.5) is 13.2 Å². The quantitative estimate of drug-likeness (QED) is 0.367. The van der Waals surface area contributed by atoms with Gasteiger partial charge in [0.1, 0.15) is 5.75 Å². The molecule has 4 rings (SSSR count). The van der Waals surface area contributed by atoms with Crippen LogP contribution in [-0.4, -0.2) is 54.2 Å². The molecule has 40 heavy (non-hydrogen) atoms. The number of aliphatic hydroxyl groups is 1. The number of hydrogen-bond donors (Lipinski definition) is 2. The molecule has 1 unspecified atom stereocenters. The Kier molecular flexibility index (Phi) is 9.35. The molecule has 2 amide bonds. The van der Waals surface area contributed by atoms with E-state index in [0.717, 1.165) is 54.7 Å². The van der Waals surface area contributed by atoms with Crippen LogP contribution in [0.1, 0.15) is 66.9 Å². The van der Waals surface area contributed by atoms with Gasteiger partial charge in [0.25, 0.3) is 17.4 Å². The van der Waals surface area contributed by atoms with Crippen molar-refractivity contribution < 1.29 is 32.6 Å². The van der Waals surface area contributed by atoms with Gasteiger partial charge in [-0.1, -0.05) is 43.1 Å². The minimum atomic E-state index is -5.19. The summed E-state index contributed by atoms with van der Waals surface area (Å²) < 4.78 is 47.3. The summed E-state index contributed by atoms with van der Waals surface area (Å²) in [4.78, 5) is 26.5. The highest BCUT2D eigenvalue weighted by atomic mass is 35.5. The molecule has 2 aliphatic rings. The fourth-order valence-electron chi connectivity index (χ4n) is 5.41. The molecule has 0 spiro atoms. The van der Waals surface area contributed by atoms with E-state index >= 15 is 0 Å². The second kappa shape index (κ2) is 12.4. The lowest BCUT2D eigenvalue weighted by molar-refractivity contribution is -0.262. The molecule has 1 saturated carbocycles. The van der Waals surface area contributed by atoms with Crippen molar-refractivity contribution >= 4 is 23.4 Å². The maximum atomic E-state index is 14.1. The molecule has 0 radical (unpaired) electrons. The molecular weight excluding hydrogens is 545 g/mol. The number of nitrogens with zero attached hydrogens (tertiary/aromatic N) is 1. The van der Waals surface area contributed by atoms with Gasteiger partial charge >= 0.3 is 6.18 Å². The minimum absolute atomic E-state index is 0.123. The van der Waals surface area contributed by atoms with Crippen LogP contribution in [0.2, 0.25) is 5.02 Å². The number of aryl methyl sites for hydroxylation is 1. The van der Waals surface area contributed by atoms with E-state index in [2.05, 4.69) is 12.2 Å². The molecule has 6 nitrogen and oxygen atoms in total. The zero-order valence-corrected chi connectivity index (χ0v) is 23.5. The van der Waals surface area contributed by atoms with E-state index in [4.69, 9.17) is 16.3 Å². The number of benzene rings is 2. The van der Waals surface area contributed by atoms with Crippen molar-refractivity contribution in [1.82, 2.24) is 10.2 Å². The Labute approximate surface area is 237 Å². The van der Waals surface area contributed by atoms with Gasteiger partial charge in [-0.05, 0) is 80.2 Å². The third-order valence-corrected chi connectivity index (χ3v) is 8.47. The van der Waals surface area contributed by atoms with Gasteiger partial charge in [-0.15, -0.1) is 0 Å². The molecule has 2 aromatic rings. The average molecular weight is 581 g/mol. The van der Waals surface area contributed by atoms with Gasteiger partial charge in [-0.3, -0.25) is 9.59 Å². The van der Waals surface area contributed by atoms with Crippen LogP contribution in [-0.2, 0) is 16.8 Å². The van der Waals surface area contributed by atoms with E-state index in [1.807, 2.05) is 12.1 Å². The molecule has 1 aliphatic carbocycles. The van der Waals surface area contributed by atoms with Crippen molar-refractivity contribution in [1.29, 1.82) is 0 Å². The number of nitrogens with one attached hydrogen (secondary N) is 1. The Balaban J connectivity index is 1.29. The summed E-state index contributed by atoms with van der Waals surface area (Å²) in [6.45, 7) is 2.43. The van der Waals surface area contributed by atoms with E-state index in [1.54, 1.807) is 6.07 Å². The normalized spacial score (nSPS) is 18.6. The standard InChI is InChI=1S/C30H36ClF3N2O4/c1-19(5-3-6-20-9-12-25(26(31)17-20)27(37)35-23-10-11-23)21-13-15-36(16-14-21)28(38)29(39,30(32,33)34)22-7-4-8-24(18-22)40-2/h4,7-9,12,17-19,21,23,39H,3,5-6,10-11,13-16H2,1-2H3,(H,35,37)/t19-,29?/m0/s1. The van der Waals surface area contributed by atoms with Crippen LogP contribution < -0.4 is 10.1 Å². The molecular formula is C30H36ClF3N2O4. The Hall–Kier alpha value is -2.78. The molecule has 218 valence electrons. The molecule has 2 N–H and O–H groups in total. The number of halogens is 4. The summed E-state index contributed by atoms with van der Waals surface area (Å²) in [5, 5.41) is 14.1. The first-order valence-corrected chi connectivity index (χ1v) is 14.1. The fraction of sp³-hybridized carbons (Fsp3) is 0.533. The monoisotopic (exact) mass is 580 g/mol. The highest BCUT2D eigenvalue weighted by Crippen LogP contribution is 2.42. The summed E-state index contributed by atoms with van der Waals surface area (Å²) >= 11 is 6.36. The first-order valence-electron chi connectivity index (χ1n) is 13.8. The Morgan fingerprint density at radius 1 is 1.12 bits per heavy atom. The summed E-state index contributed by atoms with van der Waals surface area (Å²) in [6, 6.07) is 10.7. The Bertz CT molecular complexity index is 1210. The number of methoxy groups -OCH3 is 1. The summed E-state index contributed by atoms with van der Waals surface area (Å²) in [7, 11) is 1.31. The SMILES string of the molecule is COc1cccc(C(O)(C(=O)N2CCC([C@@H](C)CCCc3ccc(C(=O)NC4CC4)c(Cl)c3)CC2)C(F)(F)F)c1. The predicted octanol–water partition coefficient (Wildman–Crippen LogP) is 5.89. The van der Waals surface area contributed by atoms with Gasteiger partial charge in [0.15, 0.2) is 0 Å². The van der Waals surface area contributed by atoms with E-state index < -0.39 is 23.2 Å². The summed E-state index contributed by atoms with van der Waals surface area (Å²) in [5.41, 5.74) is -2.67. The van der Waals surface area contributed by atoms with Crippen LogP contribution in [0.3, 0.4) is 0 Å². The molecule has 1 saturated heterocycles. The average Bonchev–Trinajstić information content (AvgIpc) is 3.75. The summed E-state index contributed by atoms with van der Waals surface area (Å²) in [5.74, 6) is -0.800. The number of alkyl halides is 3. The van der Waals surface area contributed by atoms with Crippen LogP contribution in [0.25, 0.3) is 0 Å².